The van der Waals surface area contributed by atoms with Crippen LogP contribution in [0.1, 0.15) is 36.4 Å². The Kier molecular flexibility index (Phi) is 4.77. The molecule has 1 aromatic heterocycles. The topological polar surface area (TPSA) is 43.8 Å². The summed E-state index contributed by atoms with van der Waals surface area (Å²) in [6, 6.07) is 8.49. The number of aromatic nitrogens is 2. The molecule has 0 amide bonds. The summed E-state index contributed by atoms with van der Waals surface area (Å²) in [6.07, 6.45) is 1.98. The van der Waals surface area contributed by atoms with E-state index >= 15 is 0 Å². The lowest BCUT2D eigenvalue weighted by Gasteiger charge is -2.09. The first-order valence-corrected chi connectivity index (χ1v) is 7.50. The summed E-state index contributed by atoms with van der Waals surface area (Å²) in [6.45, 7) is 5.67. The summed E-state index contributed by atoms with van der Waals surface area (Å²) in [7, 11) is 0. The van der Waals surface area contributed by atoms with Gasteiger partial charge in [-0.1, -0.05) is 41.9 Å². The normalized spacial score (nSPS) is 10.9. The fraction of sp³-hybridized carbons (Fsp3) is 0.400. The molecule has 3 nitrogen and oxygen atoms in total. The summed E-state index contributed by atoms with van der Waals surface area (Å²) < 4.78 is 3.20. The number of hydrogen-bond acceptors (Lipinski definition) is 2. The van der Waals surface area contributed by atoms with Gasteiger partial charge in [-0.2, -0.15) is 5.10 Å². The van der Waals surface area contributed by atoms with Gasteiger partial charge in [0.25, 0.3) is 0 Å². The third-order valence-corrected chi connectivity index (χ3v) is 4.05. The fourth-order valence-corrected chi connectivity index (χ4v) is 2.67. The molecule has 0 saturated heterocycles. The summed E-state index contributed by atoms with van der Waals surface area (Å²) in [5.74, 6) is 0. The molecule has 0 spiro atoms. The predicted molar refractivity (Wildman–Crippen MR) is 82.1 cm³/mol. The molecule has 0 atom stereocenters. The highest BCUT2D eigenvalue weighted by Gasteiger charge is 2.08. The van der Waals surface area contributed by atoms with Crippen LogP contribution >= 0.6 is 15.9 Å². The van der Waals surface area contributed by atoms with Gasteiger partial charge in [-0.05, 0) is 36.1 Å². The van der Waals surface area contributed by atoms with Gasteiger partial charge in [0, 0.05) is 16.7 Å². The minimum absolute atomic E-state index is 0.570. The van der Waals surface area contributed by atoms with E-state index in [1.54, 1.807) is 0 Å². The Hall–Kier alpha value is -1.13. The Balaban J connectivity index is 2.27. The van der Waals surface area contributed by atoms with E-state index in [2.05, 4.69) is 63.8 Å². The minimum atomic E-state index is 0.570. The van der Waals surface area contributed by atoms with Gasteiger partial charge < -0.3 is 5.73 Å². The molecular formula is C15H20BrN3. The van der Waals surface area contributed by atoms with Crippen molar-refractivity contribution in [3.63, 3.8) is 0 Å². The first-order chi connectivity index (χ1) is 9.17. The number of aryl methyl sites for hydroxylation is 2. The zero-order valence-electron chi connectivity index (χ0n) is 11.5. The van der Waals surface area contributed by atoms with Crippen molar-refractivity contribution in [2.75, 3.05) is 0 Å². The number of halogens is 1. The van der Waals surface area contributed by atoms with Gasteiger partial charge in [-0.15, -0.1) is 0 Å². The molecule has 2 aromatic rings. The molecule has 0 radical (unpaired) electrons. The lowest BCUT2D eigenvalue weighted by Crippen LogP contribution is -2.07. The van der Waals surface area contributed by atoms with E-state index in [1.807, 2.05) is 0 Å². The van der Waals surface area contributed by atoms with Crippen molar-refractivity contribution in [3.8, 4) is 0 Å². The predicted octanol–water partition coefficient (Wildman–Crippen LogP) is 3.28. The second kappa shape index (κ2) is 6.35. The monoisotopic (exact) mass is 321 g/mol. The molecule has 0 unspecified atom stereocenters. The van der Waals surface area contributed by atoms with E-state index in [0.29, 0.717) is 6.54 Å². The first kappa shape index (κ1) is 14.3. The molecule has 1 heterocycles. The smallest absolute Gasteiger partial charge is 0.0673 e. The second-order valence-electron chi connectivity index (χ2n) is 4.62. The lowest BCUT2D eigenvalue weighted by molar-refractivity contribution is 0.639. The Morgan fingerprint density at radius 1 is 1.21 bits per heavy atom. The lowest BCUT2D eigenvalue weighted by atomic mass is 10.1. The Labute approximate surface area is 122 Å². The molecule has 19 heavy (non-hydrogen) atoms. The molecule has 2 N–H and O–H groups in total. The van der Waals surface area contributed by atoms with Gasteiger partial charge in [0.15, 0.2) is 0 Å². The van der Waals surface area contributed by atoms with Crippen LogP contribution in [-0.4, -0.2) is 9.78 Å². The van der Waals surface area contributed by atoms with Crippen molar-refractivity contribution < 1.29 is 0 Å². The highest BCUT2D eigenvalue weighted by Crippen LogP contribution is 2.20. The van der Waals surface area contributed by atoms with Crippen molar-refractivity contribution >= 4 is 15.9 Å². The van der Waals surface area contributed by atoms with E-state index in [4.69, 9.17) is 5.73 Å². The van der Waals surface area contributed by atoms with Crippen LogP contribution in [0.5, 0.6) is 0 Å². The molecule has 2 rings (SSSR count). The molecule has 0 fully saturated rings. The summed E-state index contributed by atoms with van der Waals surface area (Å²) in [4.78, 5) is 0. The van der Waals surface area contributed by atoms with Crippen molar-refractivity contribution in [2.24, 2.45) is 5.73 Å². The zero-order chi connectivity index (χ0) is 13.8. The van der Waals surface area contributed by atoms with Crippen molar-refractivity contribution in [2.45, 2.75) is 39.8 Å². The highest BCUT2D eigenvalue weighted by atomic mass is 79.9. The van der Waals surface area contributed by atoms with Crippen LogP contribution in [0.4, 0.5) is 0 Å². The molecule has 4 heteroatoms. The molecule has 102 valence electrons. The SMILES string of the molecule is CCc1cc(CC)n(Cc2ccc(CN)cc2Br)n1. The number of nitrogens with zero attached hydrogens (tertiary/aromatic N) is 2. The largest absolute Gasteiger partial charge is 0.326 e. The van der Waals surface area contributed by atoms with Crippen LogP contribution < -0.4 is 5.73 Å². The number of hydrogen-bond donors (Lipinski definition) is 1. The molecule has 1 aromatic carbocycles. The molecule has 0 aliphatic rings. The Bertz CT molecular complexity index is 561. The van der Waals surface area contributed by atoms with Crippen molar-refractivity contribution in [1.29, 1.82) is 0 Å². The van der Waals surface area contributed by atoms with E-state index in [1.165, 1.54) is 11.3 Å². The van der Waals surface area contributed by atoms with Gasteiger partial charge >= 0.3 is 0 Å². The molecule has 0 bridgehead atoms. The summed E-state index contributed by atoms with van der Waals surface area (Å²) >= 11 is 3.62. The third-order valence-electron chi connectivity index (χ3n) is 3.31. The van der Waals surface area contributed by atoms with Crippen LogP contribution in [0, 0.1) is 0 Å². The van der Waals surface area contributed by atoms with Gasteiger partial charge in [0.1, 0.15) is 0 Å². The quantitative estimate of drug-likeness (QED) is 0.918. The van der Waals surface area contributed by atoms with Crippen molar-refractivity contribution in [3.05, 3.63) is 51.3 Å². The van der Waals surface area contributed by atoms with Crippen LogP contribution in [0.3, 0.4) is 0 Å². The summed E-state index contributed by atoms with van der Waals surface area (Å²) in [5.41, 5.74) is 10.5. The maximum absolute atomic E-state index is 5.65. The fourth-order valence-electron chi connectivity index (χ4n) is 2.12. The van der Waals surface area contributed by atoms with E-state index < -0.39 is 0 Å². The average Bonchev–Trinajstić information content (AvgIpc) is 2.83. The number of rotatable bonds is 5. The highest BCUT2D eigenvalue weighted by molar-refractivity contribution is 9.10. The molecular weight excluding hydrogens is 302 g/mol. The van der Waals surface area contributed by atoms with Crippen molar-refractivity contribution in [1.82, 2.24) is 9.78 Å². The molecule has 0 aliphatic heterocycles. The second-order valence-corrected chi connectivity index (χ2v) is 5.48. The van der Waals surface area contributed by atoms with Crippen LogP contribution in [0.15, 0.2) is 28.7 Å². The Morgan fingerprint density at radius 3 is 2.58 bits per heavy atom. The summed E-state index contributed by atoms with van der Waals surface area (Å²) in [5, 5.41) is 4.65. The first-order valence-electron chi connectivity index (χ1n) is 6.70. The number of nitrogens with two attached hydrogens (primary N) is 1. The van der Waals surface area contributed by atoms with E-state index in [0.717, 1.165) is 35.1 Å². The van der Waals surface area contributed by atoms with Gasteiger partial charge in [0.2, 0.25) is 0 Å². The van der Waals surface area contributed by atoms with Gasteiger partial charge in [0.05, 0.1) is 12.2 Å². The zero-order valence-corrected chi connectivity index (χ0v) is 13.1. The van der Waals surface area contributed by atoms with E-state index in [9.17, 15) is 0 Å². The molecule has 0 saturated carbocycles. The molecule has 0 aliphatic carbocycles. The van der Waals surface area contributed by atoms with Gasteiger partial charge in [-0.3, -0.25) is 4.68 Å². The maximum atomic E-state index is 5.65. The van der Waals surface area contributed by atoms with E-state index in [-0.39, 0.29) is 0 Å². The number of benzene rings is 1. The van der Waals surface area contributed by atoms with Crippen LogP contribution in [0.2, 0.25) is 0 Å². The minimum Gasteiger partial charge on any atom is -0.326 e. The Morgan fingerprint density at radius 2 is 2.00 bits per heavy atom. The van der Waals surface area contributed by atoms with Gasteiger partial charge in [-0.25, -0.2) is 0 Å². The standard InChI is InChI=1S/C15H20BrN3/c1-3-13-8-14(4-2)19(18-13)10-12-6-5-11(9-17)7-15(12)16/h5-8H,3-4,9-10,17H2,1-2H3. The third kappa shape index (κ3) is 3.25. The maximum Gasteiger partial charge on any atom is 0.0673 e. The van der Waals surface area contributed by atoms with Crippen LogP contribution in [0.25, 0.3) is 0 Å². The van der Waals surface area contributed by atoms with Crippen LogP contribution in [-0.2, 0) is 25.9 Å². The average molecular weight is 322 g/mol.